The van der Waals surface area contributed by atoms with Gasteiger partial charge in [0.05, 0.1) is 10.7 Å². The highest BCUT2D eigenvalue weighted by Crippen LogP contribution is 2.27. The third kappa shape index (κ3) is 2.81. The molecule has 19 heavy (non-hydrogen) atoms. The van der Waals surface area contributed by atoms with E-state index in [4.69, 9.17) is 0 Å². The standard InChI is InChI=1S/C12H11Br2FN4/c13-9-1-11(15)12(16-2-9)18-4-8(5-18)6-19-7-10(14)3-17-19/h1-3,7-8H,4-6H2. The first-order chi connectivity index (χ1) is 9.11. The highest BCUT2D eigenvalue weighted by Gasteiger charge is 2.30. The van der Waals surface area contributed by atoms with Gasteiger partial charge in [-0.2, -0.15) is 5.10 Å². The van der Waals surface area contributed by atoms with E-state index in [2.05, 4.69) is 41.9 Å². The van der Waals surface area contributed by atoms with Crippen molar-refractivity contribution in [2.24, 2.45) is 5.92 Å². The average molecular weight is 390 g/mol. The quantitative estimate of drug-likeness (QED) is 0.808. The molecular weight excluding hydrogens is 379 g/mol. The van der Waals surface area contributed by atoms with Gasteiger partial charge in [-0.25, -0.2) is 9.37 Å². The first-order valence-corrected chi connectivity index (χ1v) is 7.44. The second-order valence-electron chi connectivity index (χ2n) is 4.61. The molecule has 0 spiro atoms. The number of rotatable bonds is 3. The van der Waals surface area contributed by atoms with Crippen LogP contribution in [0.4, 0.5) is 10.2 Å². The second kappa shape index (κ2) is 5.20. The Bertz CT molecular complexity index is 595. The smallest absolute Gasteiger partial charge is 0.166 e. The summed E-state index contributed by atoms with van der Waals surface area (Å²) in [6, 6.07) is 1.44. The van der Waals surface area contributed by atoms with Crippen molar-refractivity contribution in [3.8, 4) is 0 Å². The van der Waals surface area contributed by atoms with Crippen molar-refractivity contribution in [3.05, 3.63) is 39.4 Å². The maximum absolute atomic E-state index is 13.7. The van der Waals surface area contributed by atoms with Gasteiger partial charge in [0.15, 0.2) is 11.6 Å². The van der Waals surface area contributed by atoms with Gasteiger partial charge in [-0.05, 0) is 37.9 Å². The molecule has 4 nitrogen and oxygen atoms in total. The van der Waals surface area contributed by atoms with Crippen LogP contribution in [0.25, 0.3) is 0 Å². The minimum absolute atomic E-state index is 0.283. The number of aromatic nitrogens is 3. The Morgan fingerprint density at radius 3 is 2.68 bits per heavy atom. The van der Waals surface area contributed by atoms with Crippen LogP contribution in [0.1, 0.15) is 0 Å². The van der Waals surface area contributed by atoms with E-state index in [9.17, 15) is 4.39 Å². The van der Waals surface area contributed by atoms with Crippen LogP contribution in [0.15, 0.2) is 33.6 Å². The van der Waals surface area contributed by atoms with E-state index in [-0.39, 0.29) is 5.82 Å². The van der Waals surface area contributed by atoms with Gasteiger partial charge >= 0.3 is 0 Å². The van der Waals surface area contributed by atoms with Crippen molar-refractivity contribution in [2.45, 2.75) is 6.54 Å². The molecule has 0 aromatic carbocycles. The van der Waals surface area contributed by atoms with Crippen LogP contribution < -0.4 is 4.90 Å². The molecule has 1 aliphatic rings. The summed E-state index contributed by atoms with van der Waals surface area (Å²) in [7, 11) is 0. The van der Waals surface area contributed by atoms with Crippen molar-refractivity contribution in [1.29, 1.82) is 0 Å². The highest BCUT2D eigenvalue weighted by molar-refractivity contribution is 9.10. The number of halogens is 3. The van der Waals surface area contributed by atoms with E-state index < -0.39 is 0 Å². The molecule has 0 radical (unpaired) electrons. The Hall–Kier alpha value is -0.950. The van der Waals surface area contributed by atoms with Gasteiger partial charge in [0.25, 0.3) is 0 Å². The normalized spacial score (nSPS) is 15.6. The molecule has 100 valence electrons. The van der Waals surface area contributed by atoms with Crippen LogP contribution in [0.2, 0.25) is 0 Å². The first kappa shape index (κ1) is 13.1. The lowest BCUT2D eigenvalue weighted by molar-refractivity contribution is 0.337. The summed E-state index contributed by atoms with van der Waals surface area (Å²) in [5.74, 6) is 0.632. The molecule has 0 unspecified atom stereocenters. The van der Waals surface area contributed by atoms with Crippen LogP contribution in [0.3, 0.4) is 0 Å². The molecule has 0 atom stereocenters. The molecule has 1 saturated heterocycles. The summed E-state index contributed by atoms with van der Waals surface area (Å²) in [6.07, 6.45) is 5.34. The molecule has 1 fully saturated rings. The summed E-state index contributed by atoms with van der Waals surface area (Å²) in [5.41, 5.74) is 0. The Morgan fingerprint density at radius 2 is 2.05 bits per heavy atom. The van der Waals surface area contributed by atoms with Gasteiger partial charge in [0, 0.05) is 42.4 Å². The number of anilines is 1. The maximum atomic E-state index is 13.7. The number of hydrogen-bond acceptors (Lipinski definition) is 3. The molecule has 3 heterocycles. The van der Waals surface area contributed by atoms with Gasteiger partial charge in [-0.1, -0.05) is 0 Å². The number of pyridine rings is 1. The van der Waals surface area contributed by atoms with E-state index in [1.54, 1.807) is 12.4 Å². The zero-order valence-electron chi connectivity index (χ0n) is 9.93. The molecule has 1 aliphatic heterocycles. The summed E-state index contributed by atoms with van der Waals surface area (Å²) in [6.45, 7) is 2.46. The van der Waals surface area contributed by atoms with E-state index in [0.717, 1.165) is 24.1 Å². The van der Waals surface area contributed by atoms with E-state index in [0.29, 0.717) is 16.2 Å². The summed E-state index contributed by atoms with van der Waals surface area (Å²) >= 11 is 6.58. The Labute approximate surface area is 126 Å². The summed E-state index contributed by atoms with van der Waals surface area (Å²) in [4.78, 5) is 6.07. The minimum atomic E-state index is -0.283. The van der Waals surface area contributed by atoms with Crippen LogP contribution in [-0.2, 0) is 6.54 Å². The third-order valence-corrected chi connectivity index (χ3v) is 3.94. The minimum Gasteiger partial charge on any atom is -0.353 e. The van der Waals surface area contributed by atoms with Gasteiger partial charge in [0.2, 0.25) is 0 Å². The molecular formula is C12H11Br2FN4. The maximum Gasteiger partial charge on any atom is 0.166 e. The second-order valence-corrected chi connectivity index (χ2v) is 6.44. The van der Waals surface area contributed by atoms with Crippen molar-refractivity contribution in [2.75, 3.05) is 18.0 Å². The fourth-order valence-corrected chi connectivity index (χ4v) is 2.83. The molecule has 2 aromatic heterocycles. The molecule has 0 amide bonds. The van der Waals surface area contributed by atoms with Gasteiger partial charge < -0.3 is 4.90 Å². The highest BCUT2D eigenvalue weighted by atomic mass is 79.9. The predicted octanol–water partition coefficient (Wildman–Crippen LogP) is 3.08. The third-order valence-electron chi connectivity index (χ3n) is 3.09. The largest absolute Gasteiger partial charge is 0.353 e. The van der Waals surface area contributed by atoms with Crippen LogP contribution in [0, 0.1) is 11.7 Å². The number of hydrogen-bond donors (Lipinski definition) is 0. The van der Waals surface area contributed by atoms with Gasteiger partial charge in [-0.15, -0.1) is 0 Å². The summed E-state index contributed by atoms with van der Waals surface area (Å²) < 4.78 is 17.3. The molecule has 0 bridgehead atoms. The summed E-state index contributed by atoms with van der Waals surface area (Å²) in [5, 5.41) is 4.22. The lowest BCUT2D eigenvalue weighted by atomic mass is 10.0. The zero-order chi connectivity index (χ0) is 13.4. The van der Waals surface area contributed by atoms with Crippen molar-refractivity contribution in [1.82, 2.24) is 14.8 Å². The van der Waals surface area contributed by atoms with E-state index >= 15 is 0 Å². The SMILES string of the molecule is Fc1cc(Br)cnc1N1CC(Cn2cc(Br)cn2)C1. The topological polar surface area (TPSA) is 34.0 Å². The average Bonchev–Trinajstić information content (AvgIpc) is 2.70. The lowest BCUT2D eigenvalue weighted by Gasteiger charge is -2.40. The van der Waals surface area contributed by atoms with Crippen LogP contribution >= 0.6 is 31.9 Å². The van der Waals surface area contributed by atoms with Crippen molar-refractivity contribution < 1.29 is 4.39 Å². The fraction of sp³-hybridized carbons (Fsp3) is 0.333. The number of nitrogens with zero attached hydrogens (tertiary/aromatic N) is 4. The molecule has 0 aliphatic carbocycles. The molecule has 2 aromatic rings. The lowest BCUT2D eigenvalue weighted by Crippen LogP contribution is -2.49. The van der Waals surface area contributed by atoms with Crippen LogP contribution in [-0.4, -0.2) is 27.9 Å². The molecule has 0 N–H and O–H groups in total. The van der Waals surface area contributed by atoms with Gasteiger partial charge in [-0.3, -0.25) is 4.68 Å². The zero-order valence-corrected chi connectivity index (χ0v) is 13.1. The first-order valence-electron chi connectivity index (χ1n) is 5.86. The Morgan fingerprint density at radius 1 is 1.26 bits per heavy atom. The Kier molecular flexibility index (Phi) is 3.58. The predicted molar refractivity (Wildman–Crippen MR) is 77.5 cm³/mol. The van der Waals surface area contributed by atoms with Crippen molar-refractivity contribution >= 4 is 37.7 Å². The molecule has 3 rings (SSSR count). The monoisotopic (exact) mass is 388 g/mol. The molecule has 7 heteroatoms. The van der Waals surface area contributed by atoms with Crippen molar-refractivity contribution in [3.63, 3.8) is 0 Å². The fourth-order valence-electron chi connectivity index (χ4n) is 2.20. The van der Waals surface area contributed by atoms with E-state index in [1.165, 1.54) is 6.07 Å². The van der Waals surface area contributed by atoms with Gasteiger partial charge in [0.1, 0.15) is 0 Å². The Balaban J connectivity index is 1.60. The molecule has 0 saturated carbocycles. The van der Waals surface area contributed by atoms with E-state index in [1.807, 2.05) is 15.8 Å². The van der Waals surface area contributed by atoms with Crippen LogP contribution in [0.5, 0.6) is 0 Å².